The van der Waals surface area contributed by atoms with Crippen molar-refractivity contribution in [3.63, 3.8) is 0 Å². The number of nitrogens with two attached hydrogens (primary N) is 1. The number of carboxylic acids is 1. The highest BCUT2D eigenvalue weighted by Crippen LogP contribution is 2.27. The first-order chi connectivity index (χ1) is 12.5. The topological polar surface area (TPSA) is 119 Å². The molecule has 2 atom stereocenters. The van der Waals surface area contributed by atoms with Gasteiger partial charge in [-0.2, -0.15) is 0 Å². The summed E-state index contributed by atoms with van der Waals surface area (Å²) in [5, 5.41) is 9.40. The number of nitrogens with zero attached hydrogens (tertiary/aromatic N) is 1. The monoisotopic (exact) mass is 378 g/mol. The van der Waals surface area contributed by atoms with E-state index in [9.17, 15) is 19.5 Å². The lowest BCUT2D eigenvalue weighted by molar-refractivity contribution is -0.165. The minimum absolute atomic E-state index is 0.00184. The molecule has 2 rings (SSSR count). The maximum atomic E-state index is 12.6. The Balaban J connectivity index is 2.16. The van der Waals surface area contributed by atoms with Gasteiger partial charge in [0.1, 0.15) is 23.8 Å². The number of carbonyl (C=O) groups is 3. The number of aliphatic carboxylic acids is 1. The highest BCUT2D eigenvalue weighted by atomic mass is 16.6. The average Bonchev–Trinajstić information content (AvgIpc) is 2.58. The molecule has 1 amide bonds. The van der Waals surface area contributed by atoms with E-state index < -0.39 is 35.2 Å². The summed E-state index contributed by atoms with van der Waals surface area (Å²) in [7, 11) is 0. The SMILES string of the molecule is CC(C)(C)OC(=O)[C@@H]1CC[C@@](N)(C(=O)O)CN1C(=O)OCc1ccccc1. The molecule has 1 aromatic carbocycles. The number of amides is 1. The number of rotatable bonds is 4. The van der Waals surface area contributed by atoms with Gasteiger partial charge in [0.15, 0.2) is 0 Å². The maximum Gasteiger partial charge on any atom is 0.410 e. The summed E-state index contributed by atoms with van der Waals surface area (Å²) in [5.41, 5.74) is 4.33. The smallest absolute Gasteiger partial charge is 0.410 e. The molecular formula is C19H26N2O6. The van der Waals surface area contributed by atoms with Gasteiger partial charge in [-0.1, -0.05) is 30.3 Å². The number of carboxylic acid groups (broad SMARTS) is 1. The van der Waals surface area contributed by atoms with Crippen LogP contribution in [0.15, 0.2) is 30.3 Å². The van der Waals surface area contributed by atoms with Crippen LogP contribution in [0.1, 0.15) is 39.2 Å². The van der Waals surface area contributed by atoms with Crippen LogP contribution >= 0.6 is 0 Å². The third-order valence-corrected chi connectivity index (χ3v) is 4.24. The van der Waals surface area contributed by atoms with Crippen LogP contribution in [0.25, 0.3) is 0 Å². The van der Waals surface area contributed by atoms with Crippen molar-refractivity contribution in [2.75, 3.05) is 6.54 Å². The summed E-state index contributed by atoms with van der Waals surface area (Å²) < 4.78 is 10.7. The quantitative estimate of drug-likeness (QED) is 0.768. The second-order valence-corrected chi connectivity index (χ2v) is 7.72. The summed E-state index contributed by atoms with van der Waals surface area (Å²) in [6.45, 7) is 4.82. The van der Waals surface area contributed by atoms with Gasteiger partial charge in [0.2, 0.25) is 0 Å². The van der Waals surface area contributed by atoms with E-state index in [1.54, 1.807) is 32.9 Å². The van der Waals surface area contributed by atoms with Gasteiger partial charge in [-0.15, -0.1) is 0 Å². The third-order valence-electron chi connectivity index (χ3n) is 4.24. The summed E-state index contributed by atoms with van der Waals surface area (Å²) in [4.78, 5) is 37.7. The molecule has 8 nitrogen and oxygen atoms in total. The Morgan fingerprint density at radius 2 is 1.89 bits per heavy atom. The van der Waals surface area contributed by atoms with E-state index in [4.69, 9.17) is 15.2 Å². The van der Waals surface area contributed by atoms with Crippen molar-refractivity contribution >= 4 is 18.0 Å². The highest BCUT2D eigenvalue weighted by molar-refractivity contribution is 5.85. The van der Waals surface area contributed by atoms with Crippen molar-refractivity contribution in [2.45, 2.75) is 57.4 Å². The predicted molar refractivity (Wildman–Crippen MR) is 96.8 cm³/mol. The molecule has 0 aromatic heterocycles. The molecule has 1 aliphatic heterocycles. The third kappa shape index (κ3) is 5.43. The van der Waals surface area contributed by atoms with Crippen LogP contribution in [0.4, 0.5) is 4.79 Å². The van der Waals surface area contributed by atoms with Crippen LogP contribution < -0.4 is 5.73 Å². The largest absolute Gasteiger partial charge is 0.480 e. The van der Waals surface area contributed by atoms with Gasteiger partial charge in [-0.05, 0) is 39.2 Å². The number of hydrogen-bond acceptors (Lipinski definition) is 6. The Kier molecular flexibility index (Phi) is 6.10. The molecule has 1 fully saturated rings. The molecule has 0 aliphatic carbocycles. The molecule has 1 heterocycles. The number of likely N-dealkylation sites (tertiary alicyclic amines) is 1. The van der Waals surface area contributed by atoms with E-state index in [-0.39, 0.29) is 26.0 Å². The molecule has 0 saturated carbocycles. The van der Waals surface area contributed by atoms with Crippen LogP contribution in [0.2, 0.25) is 0 Å². The van der Waals surface area contributed by atoms with Crippen molar-refractivity contribution in [3.05, 3.63) is 35.9 Å². The molecule has 27 heavy (non-hydrogen) atoms. The first kappa shape index (κ1) is 20.7. The van der Waals surface area contributed by atoms with Crippen LogP contribution in [-0.2, 0) is 25.7 Å². The predicted octanol–water partition coefficient (Wildman–Crippen LogP) is 1.91. The molecule has 0 radical (unpaired) electrons. The van der Waals surface area contributed by atoms with Crippen molar-refractivity contribution < 1.29 is 29.0 Å². The molecule has 0 unspecified atom stereocenters. The maximum absolute atomic E-state index is 12.6. The fourth-order valence-electron chi connectivity index (χ4n) is 2.83. The molecule has 0 spiro atoms. The standard InChI is InChI=1S/C19H26N2O6/c1-18(2,3)27-15(22)14-9-10-19(20,16(23)24)12-21(14)17(25)26-11-13-7-5-4-6-8-13/h4-8,14H,9-12,20H2,1-3H3,(H,23,24)/t14-,19-/m0/s1. The Labute approximate surface area is 158 Å². The zero-order chi connectivity index (χ0) is 20.2. The Morgan fingerprint density at radius 3 is 2.44 bits per heavy atom. The van der Waals surface area contributed by atoms with Crippen molar-refractivity contribution in [1.29, 1.82) is 0 Å². The van der Waals surface area contributed by atoms with Crippen molar-refractivity contribution in [3.8, 4) is 0 Å². The molecule has 3 N–H and O–H groups in total. The van der Waals surface area contributed by atoms with Crippen molar-refractivity contribution in [1.82, 2.24) is 4.90 Å². The first-order valence-corrected chi connectivity index (χ1v) is 8.74. The van der Waals surface area contributed by atoms with Gasteiger partial charge in [0.25, 0.3) is 0 Å². The highest BCUT2D eigenvalue weighted by Gasteiger charge is 2.48. The van der Waals surface area contributed by atoms with E-state index in [0.29, 0.717) is 0 Å². The van der Waals surface area contributed by atoms with Crippen LogP contribution in [0.3, 0.4) is 0 Å². The molecule has 1 saturated heterocycles. The average molecular weight is 378 g/mol. The van der Waals surface area contributed by atoms with Gasteiger partial charge in [-0.25, -0.2) is 9.59 Å². The lowest BCUT2D eigenvalue weighted by Gasteiger charge is -2.41. The lowest BCUT2D eigenvalue weighted by atomic mass is 9.86. The minimum Gasteiger partial charge on any atom is -0.480 e. The van der Waals surface area contributed by atoms with E-state index >= 15 is 0 Å². The molecular weight excluding hydrogens is 352 g/mol. The lowest BCUT2D eigenvalue weighted by Crippen LogP contribution is -2.64. The van der Waals surface area contributed by atoms with Gasteiger partial charge < -0.3 is 20.3 Å². The van der Waals surface area contributed by atoms with Crippen LogP contribution in [-0.4, -0.2) is 51.8 Å². The fraction of sp³-hybridized carbons (Fsp3) is 0.526. The summed E-state index contributed by atoms with van der Waals surface area (Å²) >= 11 is 0. The number of piperidine rings is 1. The number of ether oxygens (including phenoxy) is 2. The molecule has 148 valence electrons. The Morgan fingerprint density at radius 1 is 1.26 bits per heavy atom. The normalized spacial score (nSPS) is 22.8. The zero-order valence-corrected chi connectivity index (χ0v) is 15.8. The number of carbonyl (C=O) groups excluding carboxylic acids is 2. The van der Waals surface area contributed by atoms with E-state index in [1.807, 2.05) is 18.2 Å². The van der Waals surface area contributed by atoms with Gasteiger partial charge in [-0.3, -0.25) is 9.69 Å². The van der Waals surface area contributed by atoms with E-state index in [2.05, 4.69) is 0 Å². The summed E-state index contributed by atoms with van der Waals surface area (Å²) in [5.74, 6) is -1.84. The fourth-order valence-corrected chi connectivity index (χ4v) is 2.83. The van der Waals surface area contributed by atoms with Gasteiger partial charge in [0.05, 0.1) is 6.54 Å². The first-order valence-electron chi connectivity index (χ1n) is 8.74. The van der Waals surface area contributed by atoms with Crippen LogP contribution in [0, 0.1) is 0 Å². The molecule has 0 bridgehead atoms. The Bertz CT molecular complexity index is 700. The van der Waals surface area contributed by atoms with Crippen molar-refractivity contribution in [2.24, 2.45) is 5.73 Å². The number of esters is 1. The van der Waals surface area contributed by atoms with Gasteiger partial charge >= 0.3 is 18.0 Å². The van der Waals surface area contributed by atoms with Crippen LogP contribution in [0.5, 0.6) is 0 Å². The summed E-state index contributed by atoms with van der Waals surface area (Å²) in [6.07, 6.45) is -0.669. The van der Waals surface area contributed by atoms with E-state index in [1.165, 1.54) is 0 Å². The molecule has 1 aromatic rings. The number of hydrogen-bond donors (Lipinski definition) is 2. The van der Waals surface area contributed by atoms with E-state index in [0.717, 1.165) is 10.5 Å². The Hall–Kier alpha value is -2.61. The zero-order valence-electron chi connectivity index (χ0n) is 15.8. The second-order valence-electron chi connectivity index (χ2n) is 7.72. The summed E-state index contributed by atoms with van der Waals surface area (Å²) in [6, 6.07) is 8.10. The minimum atomic E-state index is -1.63. The van der Waals surface area contributed by atoms with Gasteiger partial charge in [0, 0.05) is 0 Å². The molecule has 1 aliphatic rings. The second kappa shape index (κ2) is 7.96. The number of benzene rings is 1. The molecule has 8 heteroatoms.